The first-order valence-electron chi connectivity index (χ1n) is 9.59. The van der Waals surface area contributed by atoms with Crippen LogP contribution in [0.5, 0.6) is 5.75 Å². The molecule has 152 valence electrons. The van der Waals surface area contributed by atoms with Gasteiger partial charge in [0.1, 0.15) is 5.75 Å². The Morgan fingerprint density at radius 3 is 2.33 bits per heavy atom. The molecule has 0 aliphatic heterocycles. The van der Waals surface area contributed by atoms with Gasteiger partial charge in [-0.3, -0.25) is 9.79 Å². The minimum atomic E-state index is -0.0889. The maximum absolute atomic E-state index is 12.1. The van der Waals surface area contributed by atoms with E-state index in [1.165, 1.54) is 38.5 Å². The molecule has 0 atom stereocenters. The summed E-state index contributed by atoms with van der Waals surface area (Å²) in [6.07, 6.45) is 8.11. The average molecular weight is 488 g/mol. The smallest absolute Gasteiger partial charge is 0.251 e. The fourth-order valence-corrected chi connectivity index (χ4v) is 3.32. The summed E-state index contributed by atoms with van der Waals surface area (Å²) < 4.78 is 5.09. The van der Waals surface area contributed by atoms with E-state index in [0.717, 1.165) is 24.2 Å². The van der Waals surface area contributed by atoms with Crippen LogP contribution in [-0.4, -0.2) is 45.7 Å². The van der Waals surface area contributed by atoms with Gasteiger partial charge in [-0.15, -0.1) is 24.0 Å². The maximum Gasteiger partial charge on any atom is 0.251 e. The molecule has 0 bridgehead atoms. The molecule has 1 fully saturated rings. The maximum atomic E-state index is 12.1. The van der Waals surface area contributed by atoms with Gasteiger partial charge >= 0.3 is 0 Å². The third-order valence-corrected chi connectivity index (χ3v) is 4.84. The number of carbonyl (C=O) groups excluding carboxylic acids is 1. The molecule has 0 radical (unpaired) electrons. The number of rotatable bonds is 9. The number of halogens is 1. The summed E-state index contributed by atoms with van der Waals surface area (Å²) in [5.74, 6) is 2.37. The number of carbonyl (C=O) groups is 1. The van der Waals surface area contributed by atoms with Crippen molar-refractivity contribution in [1.82, 2.24) is 16.0 Å². The van der Waals surface area contributed by atoms with Crippen molar-refractivity contribution in [2.24, 2.45) is 10.9 Å². The molecule has 0 aromatic heterocycles. The predicted molar refractivity (Wildman–Crippen MR) is 121 cm³/mol. The summed E-state index contributed by atoms with van der Waals surface area (Å²) in [4.78, 5) is 16.3. The third kappa shape index (κ3) is 8.81. The zero-order valence-electron chi connectivity index (χ0n) is 16.4. The summed E-state index contributed by atoms with van der Waals surface area (Å²) in [6.45, 7) is 2.10. The molecule has 1 aliphatic carbocycles. The van der Waals surface area contributed by atoms with Crippen LogP contribution in [-0.2, 0) is 0 Å². The average Bonchev–Trinajstić information content (AvgIpc) is 3.20. The van der Waals surface area contributed by atoms with Crippen LogP contribution in [0.25, 0.3) is 0 Å². The van der Waals surface area contributed by atoms with Gasteiger partial charge in [-0.1, -0.05) is 25.7 Å². The number of aliphatic imine (C=N–C) groups is 1. The van der Waals surface area contributed by atoms with Gasteiger partial charge in [0.15, 0.2) is 5.96 Å². The van der Waals surface area contributed by atoms with Crippen molar-refractivity contribution in [3.63, 3.8) is 0 Å². The second kappa shape index (κ2) is 13.6. The predicted octanol–water partition coefficient (Wildman–Crippen LogP) is 3.18. The van der Waals surface area contributed by atoms with Crippen LogP contribution in [0.1, 0.15) is 48.9 Å². The molecule has 7 heteroatoms. The van der Waals surface area contributed by atoms with Gasteiger partial charge in [0.25, 0.3) is 5.91 Å². The second-order valence-electron chi connectivity index (χ2n) is 6.70. The number of benzene rings is 1. The number of hydrogen-bond donors (Lipinski definition) is 3. The van der Waals surface area contributed by atoms with Crippen LogP contribution in [0.4, 0.5) is 0 Å². The van der Waals surface area contributed by atoms with Crippen LogP contribution < -0.4 is 20.7 Å². The molecule has 3 N–H and O–H groups in total. The van der Waals surface area contributed by atoms with Crippen LogP contribution in [0, 0.1) is 5.92 Å². The molecule has 0 unspecified atom stereocenters. The topological polar surface area (TPSA) is 74.8 Å². The SMILES string of the molecule is CN=C(NCCCC1CCCC1)NCCNC(=O)c1ccc(OC)cc1.I. The Hall–Kier alpha value is -1.51. The highest BCUT2D eigenvalue weighted by atomic mass is 127. The molecule has 1 amide bonds. The minimum absolute atomic E-state index is 0. The van der Waals surface area contributed by atoms with Gasteiger partial charge < -0.3 is 20.7 Å². The van der Waals surface area contributed by atoms with Gasteiger partial charge in [0.05, 0.1) is 7.11 Å². The zero-order chi connectivity index (χ0) is 18.6. The van der Waals surface area contributed by atoms with E-state index in [1.54, 1.807) is 38.4 Å². The van der Waals surface area contributed by atoms with Crippen LogP contribution in [0.15, 0.2) is 29.3 Å². The lowest BCUT2D eigenvalue weighted by Crippen LogP contribution is -2.41. The lowest BCUT2D eigenvalue weighted by Gasteiger charge is -2.13. The number of guanidine groups is 1. The molecule has 27 heavy (non-hydrogen) atoms. The molecular formula is C20H33IN4O2. The number of methoxy groups -OCH3 is 1. The van der Waals surface area contributed by atoms with Gasteiger partial charge in [0.2, 0.25) is 0 Å². The Kier molecular flexibility index (Phi) is 11.9. The minimum Gasteiger partial charge on any atom is -0.497 e. The van der Waals surface area contributed by atoms with Gasteiger partial charge in [0, 0.05) is 32.2 Å². The first kappa shape index (κ1) is 23.5. The van der Waals surface area contributed by atoms with E-state index in [2.05, 4.69) is 20.9 Å². The van der Waals surface area contributed by atoms with E-state index < -0.39 is 0 Å². The number of nitrogens with one attached hydrogen (secondary N) is 3. The largest absolute Gasteiger partial charge is 0.497 e. The van der Waals surface area contributed by atoms with Crippen LogP contribution in [0.2, 0.25) is 0 Å². The number of ether oxygens (including phenoxy) is 1. The van der Waals surface area contributed by atoms with Crippen molar-refractivity contribution < 1.29 is 9.53 Å². The Morgan fingerprint density at radius 1 is 1.07 bits per heavy atom. The Bertz CT molecular complexity index is 572. The Morgan fingerprint density at radius 2 is 1.70 bits per heavy atom. The first-order chi connectivity index (χ1) is 12.7. The highest BCUT2D eigenvalue weighted by Crippen LogP contribution is 2.28. The second-order valence-corrected chi connectivity index (χ2v) is 6.70. The van der Waals surface area contributed by atoms with E-state index in [0.29, 0.717) is 18.7 Å². The lowest BCUT2D eigenvalue weighted by molar-refractivity contribution is 0.0954. The highest BCUT2D eigenvalue weighted by Gasteiger charge is 2.14. The van der Waals surface area contributed by atoms with Gasteiger partial charge in [-0.2, -0.15) is 0 Å². The summed E-state index contributed by atoms with van der Waals surface area (Å²) in [5.41, 5.74) is 0.625. The summed E-state index contributed by atoms with van der Waals surface area (Å²) in [6, 6.07) is 7.08. The fourth-order valence-electron chi connectivity index (χ4n) is 3.32. The monoisotopic (exact) mass is 488 g/mol. The normalized spacial score (nSPS) is 14.4. The van der Waals surface area contributed by atoms with E-state index in [9.17, 15) is 4.79 Å². The third-order valence-electron chi connectivity index (χ3n) is 4.84. The number of hydrogen-bond acceptors (Lipinski definition) is 3. The molecule has 2 rings (SSSR count). The van der Waals surface area contributed by atoms with Crippen molar-refractivity contribution in [3.8, 4) is 5.75 Å². The molecule has 1 aromatic carbocycles. The molecule has 1 aromatic rings. The Labute approximate surface area is 179 Å². The van der Waals surface area contributed by atoms with Crippen molar-refractivity contribution in [3.05, 3.63) is 29.8 Å². The number of nitrogens with zero attached hydrogens (tertiary/aromatic N) is 1. The number of amides is 1. The van der Waals surface area contributed by atoms with Crippen molar-refractivity contribution in [2.45, 2.75) is 38.5 Å². The Balaban J connectivity index is 0.00000364. The summed E-state index contributed by atoms with van der Waals surface area (Å²) in [7, 11) is 3.37. The van der Waals surface area contributed by atoms with Crippen molar-refractivity contribution in [2.75, 3.05) is 33.8 Å². The quantitative estimate of drug-likeness (QED) is 0.216. The van der Waals surface area contributed by atoms with Gasteiger partial charge in [-0.05, 0) is 43.0 Å². The van der Waals surface area contributed by atoms with Crippen molar-refractivity contribution in [1.29, 1.82) is 0 Å². The molecule has 1 saturated carbocycles. The van der Waals surface area contributed by atoms with E-state index in [4.69, 9.17) is 4.74 Å². The molecule has 0 spiro atoms. The van der Waals surface area contributed by atoms with Gasteiger partial charge in [-0.25, -0.2) is 0 Å². The fraction of sp³-hybridized carbons (Fsp3) is 0.600. The highest BCUT2D eigenvalue weighted by molar-refractivity contribution is 14.0. The van der Waals surface area contributed by atoms with Crippen LogP contribution in [0.3, 0.4) is 0 Å². The first-order valence-corrected chi connectivity index (χ1v) is 9.59. The summed E-state index contributed by atoms with van der Waals surface area (Å²) in [5, 5.41) is 9.46. The molecule has 6 nitrogen and oxygen atoms in total. The van der Waals surface area contributed by atoms with Crippen LogP contribution >= 0.6 is 24.0 Å². The van der Waals surface area contributed by atoms with E-state index in [-0.39, 0.29) is 29.9 Å². The molecular weight excluding hydrogens is 455 g/mol. The standard InChI is InChI=1S/C20H32N4O2.HI/c1-21-20(23-13-5-8-16-6-3-4-7-16)24-15-14-22-19(25)17-9-11-18(26-2)12-10-17;/h9-12,16H,3-8,13-15H2,1-2H3,(H,22,25)(H2,21,23,24);1H. The van der Waals surface area contributed by atoms with E-state index >= 15 is 0 Å². The van der Waals surface area contributed by atoms with E-state index in [1.807, 2.05) is 0 Å². The lowest BCUT2D eigenvalue weighted by atomic mass is 10.0. The molecule has 0 saturated heterocycles. The molecule has 1 aliphatic rings. The van der Waals surface area contributed by atoms with Crippen molar-refractivity contribution >= 4 is 35.8 Å². The molecule has 0 heterocycles. The zero-order valence-corrected chi connectivity index (χ0v) is 18.8. The summed E-state index contributed by atoms with van der Waals surface area (Å²) >= 11 is 0.